The molecule has 0 radical (unpaired) electrons. The first-order valence-corrected chi connectivity index (χ1v) is 5.25. The van der Waals surface area contributed by atoms with E-state index in [9.17, 15) is 13.2 Å². The third kappa shape index (κ3) is 5.57. The van der Waals surface area contributed by atoms with E-state index in [0.717, 1.165) is 6.07 Å². The van der Waals surface area contributed by atoms with E-state index in [0.29, 0.717) is 19.6 Å². The molecule has 0 saturated carbocycles. The molecule has 0 amide bonds. The highest BCUT2D eigenvalue weighted by molar-refractivity contribution is 5.85. The van der Waals surface area contributed by atoms with Gasteiger partial charge in [0.1, 0.15) is 12.4 Å². The van der Waals surface area contributed by atoms with Crippen molar-refractivity contribution in [3.05, 3.63) is 29.8 Å². The highest BCUT2D eigenvalue weighted by Gasteiger charge is 2.33. The first-order chi connectivity index (χ1) is 8.05. The van der Waals surface area contributed by atoms with E-state index in [-0.39, 0.29) is 24.8 Å². The van der Waals surface area contributed by atoms with Gasteiger partial charge >= 0.3 is 6.18 Å². The smallest absolute Gasteiger partial charge is 0.419 e. The number of nitrogens with one attached hydrogen (secondary N) is 1. The zero-order valence-electron chi connectivity index (χ0n) is 9.67. The third-order valence-corrected chi connectivity index (χ3v) is 2.05. The molecule has 1 aromatic rings. The van der Waals surface area contributed by atoms with Crippen LogP contribution >= 0.6 is 12.4 Å². The second-order valence-electron chi connectivity index (χ2n) is 3.38. The summed E-state index contributed by atoms with van der Waals surface area (Å²) < 4.78 is 42.8. The maximum atomic E-state index is 12.6. The van der Waals surface area contributed by atoms with Crippen molar-refractivity contribution in [1.29, 1.82) is 0 Å². The lowest BCUT2D eigenvalue weighted by molar-refractivity contribution is -0.138. The summed E-state index contributed by atoms with van der Waals surface area (Å²) in [4.78, 5) is 0. The van der Waals surface area contributed by atoms with Crippen molar-refractivity contribution < 1.29 is 17.9 Å². The molecule has 0 bridgehead atoms. The topological polar surface area (TPSA) is 47.3 Å². The summed E-state index contributed by atoms with van der Waals surface area (Å²) in [6.07, 6.45) is -4.39. The molecule has 1 rings (SSSR count). The molecule has 0 spiro atoms. The summed E-state index contributed by atoms with van der Waals surface area (Å²) >= 11 is 0. The summed E-state index contributed by atoms with van der Waals surface area (Å²) in [6.45, 7) is 1.74. The second kappa shape index (κ2) is 8.18. The van der Waals surface area contributed by atoms with E-state index in [1.165, 1.54) is 18.2 Å². The molecule has 0 atom stereocenters. The monoisotopic (exact) mass is 284 g/mol. The van der Waals surface area contributed by atoms with Crippen molar-refractivity contribution in [2.45, 2.75) is 6.18 Å². The van der Waals surface area contributed by atoms with Crippen molar-refractivity contribution in [2.24, 2.45) is 5.73 Å². The van der Waals surface area contributed by atoms with Gasteiger partial charge in [0.15, 0.2) is 0 Å². The minimum Gasteiger partial charge on any atom is -0.492 e. The van der Waals surface area contributed by atoms with Crippen molar-refractivity contribution >= 4 is 12.4 Å². The predicted molar refractivity (Wildman–Crippen MR) is 66.1 cm³/mol. The number of hydrogen-bond acceptors (Lipinski definition) is 3. The van der Waals surface area contributed by atoms with Crippen LogP contribution < -0.4 is 15.8 Å². The standard InChI is InChI=1S/C11H15F3N2O.ClH/c12-11(13,14)9-3-1-2-4-10(9)17-8-7-16-6-5-15;/h1-4,16H,5-8,15H2;1H. The Balaban J connectivity index is 0.00000289. The van der Waals surface area contributed by atoms with Crippen molar-refractivity contribution in [2.75, 3.05) is 26.2 Å². The van der Waals surface area contributed by atoms with E-state index < -0.39 is 11.7 Å². The van der Waals surface area contributed by atoms with Crippen LogP contribution in [0.3, 0.4) is 0 Å². The van der Waals surface area contributed by atoms with Gasteiger partial charge < -0.3 is 15.8 Å². The number of para-hydroxylation sites is 1. The molecule has 0 unspecified atom stereocenters. The number of nitrogens with two attached hydrogens (primary N) is 1. The third-order valence-electron chi connectivity index (χ3n) is 2.05. The molecule has 0 heterocycles. The van der Waals surface area contributed by atoms with Crippen molar-refractivity contribution in [1.82, 2.24) is 5.32 Å². The number of rotatable bonds is 6. The highest BCUT2D eigenvalue weighted by atomic mass is 35.5. The molecule has 1 aromatic carbocycles. The largest absolute Gasteiger partial charge is 0.492 e. The number of ether oxygens (including phenoxy) is 1. The summed E-state index contributed by atoms with van der Waals surface area (Å²) in [5.74, 6) is -0.144. The van der Waals surface area contributed by atoms with Crippen LogP contribution in [0, 0.1) is 0 Å². The Morgan fingerprint density at radius 2 is 1.83 bits per heavy atom. The van der Waals surface area contributed by atoms with Gasteiger partial charge in [0, 0.05) is 19.6 Å². The number of hydrogen-bond donors (Lipinski definition) is 2. The lowest BCUT2D eigenvalue weighted by Gasteiger charge is -2.13. The van der Waals surface area contributed by atoms with Crippen LogP contribution in [0.5, 0.6) is 5.75 Å². The zero-order chi connectivity index (χ0) is 12.7. The average Bonchev–Trinajstić information content (AvgIpc) is 2.28. The van der Waals surface area contributed by atoms with E-state index >= 15 is 0 Å². The van der Waals surface area contributed by atoms with Gasteiger partial charge in [-0.25, -0.2) is 0 Å². The summed E-state index contributed by atoms with van der Waals surface area (Å²) in [6, 6.07) is 5.16. The van der Waals surface area contributed by atoms with Gasteiger partial charge in [-0.2, -0.15) is 13.2 Å². The Labute approximate surface area is 110 Å². The molecule has 0 aliphatic carbocycles. The van der Waals surface area contributed by atoms with Crippen molar-refractivity contribution in [3.63, 3.8) is 0 Å². The average molecular weight is 285 g/mol. The summed E-state index contributed by atoms with van der Waals surface area (Å²) in [5, 5.41) is 2.93. The fourth-order valence-electron chi connectivity index (χ4n) is 1.29. The van der Waals surface area contributed by atoms with Gasteiger partial charge in [0.25, 0.3) is 0 Å². The molecule has 3 nitrogen and oxygen atoms in total. The molecule has 104 valence electrons. The molecule has 18 heavy (non-hydrogen) atoms. The van der Waals surface area contributed by atoms with Gasteiger partial charge in [-0.1, -0.05) is 12.1 Å². The van der Waals surface area contributed by atoms with Crippen LogP contribution in [-0.4, -0.2) is 26.2 Å². The number of benzene rings is 1. The number of alkyl halides is 3. The van der Waals surface area contributed by atoms with Gasteiger partial charge in [0.2, 0.25) is 0 Å². The Morgan fingerprint density at radius 1 is 1.17 bits per heavy atom. The van der Waals surface area contributed by atoms with Crippen LogP contribution in [0.25, 0.3) is 0 Å². The molecule has 3 N–H and O–H groups in total. The molecule has 7 heteroatoms. The van der Waals surface area contributed by atoms with E-state index in [4.69, 9.17) is 10.5 Å². The van der Waals surface area contributed by atoms with Gasteiger partial charge in [0.05, 0.1) is 5.56 Å². The van der Waals surface area contributed by atoms with Crippen LogP contribution in [0.15, 0.2) is 24.3 Å². The minimum absolute atomic E-state index is 0. The van der Waals surface area contributed by atoms with E-state index in [2.05, 4.69) is 5.32 Å². The molecule has 0 fully saturated rings. The Kier molecular flexibility index (Phi) is 7.73. The lowest BCUT2D eigenvalue weighted by Crippen LogP contribution is -2.27. The molecule has 0 aliphatic heterocycles. The van der Waals surface area contributed by atoms with Crippen LogP contribution in [0.4, 0.5) is 13.2 Å². The fraction of sp³-hybridized carbons (Fsp3) is 0.455. The minimum atomic E-state index is -4.39. The van der Waals surface area contributed by atoms with Crippen LogP contribution in [-0.2, 0) is 6.18 Å². The molecule has 0 aliphatic rings. The van der Waals surface area contributed by atoms with Crippen LogP contribution in [0.1, 0.15) is 5.56 Å². The maximum absolute atomic E-state index is 12.6. The second-order valence-corrected chi connectivity index (χ2v) is 3.38. The zero-order valence-corrected chi connectivity index (χ0v) is 10.5. The van der Waals surface area contributed by atoms with Gasteiger partial charge in [-0.05, 0) is 12.1 Å². The number of halogens is 4. The lowest BCUT2D eigenvalue weighted by atomic mass is 10.2. The first kappa shape index (κ1) is 17.0. The fourth-order valence-corrected chi connectivity index (χ4v) is 1.29. The first-order valence-electron chi connectivity index (χ1n) is 5.25. The van der Waals surface area contributed by atoms with E-state index in [1.807, 2.05) is 0 Å². The van der Waals surface area contributed by atoms with E-state index in [1.54, 1.807) is 0 Å². The summed E-state index contributed by atoms with van der Waals surface area (Å²) in [7, 11) is 0. The Morgan fingerprint density at radius 3 is 2.44 bits per heavy atom. The normalized spacial score (nSPS) is 10.9. The predicted octanol–water partition coefficient (Wildman–Crippen LogP) is 2.05. The highest BCUT2D eigenvalue weighted by Crippen LogP contribution is 2.35. The van der Waals surface area contributed by atoms with Gasteiger partial charge in [-0.15, -0.1) is 12.4 Å². The summed E-state index contributed by atoms with van der Waals surface area (Å²) in [5.41, 5.74) is 4.50. The van der Waals surface area contributed by atoms with Crippen LogP contribution in [0.2, 0.25) is 0 Å². The maximum Gasteiger partial charge on any atom is 0.419 e. The molecule has 0 aromatic heterocycles. The SMILES string of the molecule is Cl.NCCNCCOc1ccccc1C(F)(F)F. The molecular formula is C11H16ClF3N2O. The molecule has 0 saturated heterocycles. The van der Waals surface area contributed by atoms with Crippen molar-refractivity contribution in [3.8, 4) is 5.75 Å². The Bertz CT molecular complexity index is 347. The molecular weight excluding hydrogens is 269 g/mol. The Hall–Kier alpha value is -0.980. The van der Waals surface area contributed by atoms with Gasteiger partial charge in [-0.3, -0.25) is 0 Å². The quantitative estimate of drug-likeness (QED) is 0.786.